The summed E-state index contributed by atoms with van der Waals surface area (Å²) in [6.07, 6.45) is 3.10. The number of aromatic nitrogens is 3. The van der Waals surface area contributed by atoms with Crippen molar-refractivity contribution in [1.29, 1.82) is 0 Å². The Morgan fingerprint density at radius 1 is 1.38 bits per heavy atom. The van der Waals surface area contributed by atoms with Crippen LogP contribution < -0.4 is 11.1 Å². The van der Waals surface area contributed by atoms with Crippen LogP contribution in [0.5, 0.6) is 0 Å². The second kappa shape index (κ2) is 8.01. The molecule has 1 amide bonds. The van der Waals surface area contributed by atoms with Gasteiger partial charge in [-0.15, -0.1) is 0 Å². The Bertz CT molecular complexity index is 774. The normalized spacial score (nSPS) is 16.6. The van der Waals surface area contributed by atoms with Gasteiger partial charge in [-0.1, -0.05) is 30.6 Å². The number of hydrogen-bond acceptors (Lipinski definition) is 7. The average Bonchev–Trinajstić information content (AvgIpc) is 3.11. The number of hydrogen-bond donors (Lipinski definition) is 2. The summed E-state index contributed by atoms with van der Waals surface area (Å²) < 4.78 is 11.0. The fourth-order valence-electron chi connectivity index (χ4n) is 2.86. The smallest absolute Gasteiger partial charge is 0.250 e. The fraction of sp³-hybridized carbons (Fsp3) is 0.529. The lowest BCUT2D eigenvalue weighted by Gasteiger charge is -2.29. The largest absolute Gasteiger partial charge is 0.381 e. The molecule has 2 aromatic rings. The van der Waals surface area contributed by atoms with E-state index in [1.165, 1.54) is 12.3 Å². The zero-order chi connectivity index (χ0) is 18.7. The molecule has 3 N–H and O–H groups in total. The van der Waals surface area contributed by atoms with Crippen LogP contribution in [0.25, 0.3) is 0 Å². The van der Waals surface area contributed by atoms with Gasteiger partial charge >= 0.3 is 0 Å². The maximum absolute atomic E-state index is 11.3. The summed E-state index contributed by atoms with van der Waals surface area (Å²) >= 11 is 6.28. The molecule has 1 saturated heterocycles. The molecule has 0 aromatic carbocycles. The minimum atomic E-state index is -0.578. The van der Waals surface area contributed by atoms with E-state index in [2.05, 4.69) is 20.4 Å². The highest BCUT2D eigenvalue weighted by Gasteiger charge is 2.31. The van der Waals surface area contributed by atoms with Crippen molar-refractivity contribution in [2.45, 2.75) is 38.6 Å². The predicted molar refractivity (Wildman–Crippen MR) is 96.1 cm³/mol. The number of carbonyl (C=O) groups excluding carboxylic acids is 1. The average molecular weight is 380 g/mol. The summed E-state index contributed by atoms with van der Waals surface area (Å²) in [5.74, 6) is 1.42. The molecule has 1 fully saturated rings. The van der Waals surface area contributed by atoms with E-state index in [-0.39, 0.29) is 23.4 Å². The molecule has 0 saturated carbocycles. The molecule has 0 unspecified atom stereocenters. The van der Waals surface area contributed by atoms with E-state index >= 15 is 0 Å². The molecule has 3 heterocycles. The van der Waals surface area contributed by atoms with E-state index in [0.717, 1.165) is 12.8 Å². The number of pyridine rings is 1. The number of anilines is 1. The van der Waals surface area contributed by atoms with Gasteiger partial charge in [-0.2, -0.15) is 4.98 Å². The Kier molecular flexibility index (Phi) is 5.73. The van der Waals surface area contributed by atoms with Gasteiger partial charge in [0.2, 0.25) is 11.8 Å². The van der Waals surface area contributed by atoms with Crippen LogP contribution in [-0.2, 0) is 4.74 Å². The molecule has 9 heteroatoms. The van der Waals surface area contributed by atoms with Crippen molar-refractivity contribution in [3.63, 3.8) is 0 Å². The SMILES string of the molecule is CC(C)c1noc([C@@H](Nc2ncc(C(N)=O)cc2Cl)C2CCOCC2)n1. The van der Waals surface area contributed by atoms with Gasteiger partial charge in [0, 0.05) is 25.3 Å². The Hall–Kier alpha value is -2.19. The molecule has 26 heavy (non-hydrogen) atoms. The van der Waals surface area contributed by atoms with Crippen LogP contribution in [-0.4, -0.2) is 34.2 Å². The van der Waals surface area contributed by atoms with Crippen molar-refractivity contribution in [3.05, 3.63) is 34.6 Å². The van der Waals surface area contributed by atoms with Crippen molar-refractivity contribution >= 4 is 23.3 Å². The third-order valence-corrected chi connectivity index (χ3v) is 4.68. The third-order valence-electron chi connectivity index (χ3n) is 4.40. The number of primary amides is 1. The van der Waals surface area contributed by atoms with Gasteiger partial charge in [0.15, 0.2) is 5.82 Å². The van der Waals surface area contributed by atoms with Crippen LogP contribution in [0.4, 0.5) is 5.82 Å². The second-order valence-corrected chi connectivity index (χ2v) is 7.04. The van der Waals surface area contributed by atoms with E-state index in [0.29, 0.717) is 35.8 Å². The van der Waals surface area contributed by atoms with Gasteiger partial charge in [-0.25, -0.2) is 4.98 Å². The molecule has 2 aromatic heterocycles. The first-order chi connectivity index (χ1) is 12.5. The fourth-order valence-corrected chi connectivity index (χ4v) is 3.09. The van der Waals surface area contributed by atoms with E-state index in [1.54, 1.807) is 0 Å². The van der Waals surface area contributed by atoms with Crippen molar-refractivity contribution in [2.24, 2.45) is 11.7 Å². The first kappa shape index (κ1) is 18.6. The van der Waals surface area contributed by atoms with Crippen LogP contribution in [0.3, 0.4) is 0 Å². The number of nitrogens with zero attached hydrogens (tertiary/aromatic N) is 3. The summed E-state index contributed by atoms with van der Waals surface area (Å²) in [7, 11) is 0. The molecular weight excluding hydrogens is 358 g/mol. The van der Waals surface area contributed by atoms with Crippen LogP contribution in [0.1, 0.15) is 60.7 Å². The Morgan fingerprint density at radius 2 is 2.12 bits per heavy atom. The van der Waals surface area contributed by atoms with Crippen molar-refractivity contribution in [2.75, 3.05) is 18.5 Å². The summed E-state index contributed by atoms with van der Waals surface area (Å²) in [5, 5.41) is 7.67. The summed E-state index contributed by atoms with van der Waals surface area (Å²) in [6.45, 7) is 5.37. The first-order valence-corrected chi connectivity index (χ1v) is 8.96. The molecular formula is C17H22ClN5O3. The summed E-state index contributed by atoms with van der Waals surface area (Å²) in [5.41, 5.74) is 5.52. The van der Waals surface area contributed by atoms with Crippen LogP contribution in [0.15, 0.2) is 16.8 Å². The Morgan fingerprint density at radius 3 is 2.69 bits per heavy atom. The molecule has 3 rings (SSSR count). The highest BCUT2D eigenvalue weighted by molar-refractivity contribution is 6.33. The van der Waals surface area contributed by atoms with E-state index < -0.39 is 5.91 Å². The van der Waals surface area contributed by atoms with Gasteiger partial charge in [0.25, 0.3) is 0 Å². The zero-order valence-corrected chi connectivity index (χ0v) is 15.5. The zero-order valence-electron chi connectivity index (χ0n) is 14.7. The lowest BCUT2D eigenvalue weighted by molar-refractivity contribution is 0.0570. The maximum Gasteiger partial charge on any atom is 0.250 e. The lowest BCUT2D eigenvalue weighted by Crippen LogP contribution is -2.28. The van der Waals surface area contributed by atoms with Crippen molar-refractivity contribution in [1.82, 2.24) is 15.1 Å². The highest BCUT2D eigenvalue weighted by Crippen LogP contribution is 2.34. The Balaban J connectivity index is 1.89. The quantitative estimate of drug-likeness (QED) is 0.792. The minimum Gasteiger partial charge on any atom is -0.381 e. The number of carbonyl (C=O) groups is 1. The van der Waals surface area contributed by atoms with Gasteiger partial charge in [0.05, 0.1) is 10.6 Å². The molecule has 0 spiro atoms. The number of halogens is 1. The first-order valence-electron chi connectivity index (χ1n) is 8.59. The molecule has 0 aliphatic carbocycles. The number of ether oxygens (including phenoxy) is 1. The van der Waals surface area contributed by atoms with Crippen LogP contribution in [0, 0.1) is 5.92 Å². The molecule has 1 aliphatic rings. The number of nitrogens with one attached hydrogen (secondary N) is 1. The van der Waals surface area contributed by atoms with Crippen molar-refractivity contribution in [3.8, 4) is 0 Å². The molecule has 8 nitrogen and oxygen atoms in total. The van der Waals surface area contributed by atoms with Crippen molar-refractivity contribution < 1.29 is 14.1 Å². The number of rotatable bonds is 6. The van der Waals surface area contributed by atoms with Gasteiger partial charge in [-0.05, 0) is 24.8 Å². The monoisotopic (exact) mass is 379 g/mol. The number of nitrogens with two attached hydrogens (primary N) is 1. The minimum absolute atomic E-state index is 0.166. The molecule has 0 bridgehead atoms. The predicted octanol–water partition coefficient (Wildman–Crippen LogP) is 2.92. The van der Waals surface area contributed by atoms with Gasteiger partial charge in [-0.3, -0.25) is 4.79 Å². The summed E-state index contributed by atoms with van der Waals surface area (Å²) in [6, 6.07) is 1.25. The van der Waals surface area contributed by atoms with Gasteiger partial charge in [0.1, 0.15) is 11.9 Å². The van der Waals surface area contributed by atoms with E-state index in [4.69, 9.17) is 26.6 Å². The number of amides is 1. The standard InChI is InChI=1S/C17H22ClN5O3/c1-9(2)15-22-17(26-23-15)13(10-3-5-25-6-4-10)21-16-12(18)7-11(8-20-16)14(19)24/h7-10,13H,3-6H2,1-2H3,(H2,19,24)(H,20,21)/t13-/m0/s1. The van der Waals surface area contributed by atoms with E-state index in [9.17, 15) is 4.79 Å². The highest BCUT2D eigenvalue weighted by atomic mass is 35.5. The van der Waals surface area contributed by atoms with Crippen LogP contribution in [0.2, 0.25) is 5.02 Å². The van der Waals surface area contributed by atoms with Gasteiger partial charge < -0.3 is 20.3 Å². The Labute approximate surface area is 156 Å². The molecule has 1 atom stereocenters. The topological polar surface area (TPSA) is 116 Å². The molecule has 0 radical (unpaired) electrons. The molecule has 1 aliphatic heterocycles. The molecule has 140 valence electrons. The van der Waals surface area contributed by atoms with E-state index in [1.807, 2.05) is 13.8 Å². The van der Waals surface area contributed by atoms with Crippen LogP contribution >= 0.6 is 11.6 Å². The maximum atomic E-state index is 11.3. The summed E-state index contributed by atoms with van der Waals surface area (Å²) in [4.78, 5) is 20.0. The second-order valence-electron chi connectivity index (χ2n) is 6.64. The lowest BCUT2D eigenvalue weighted by atomic mass is 9.91. The third kappa shape index (κ3) is 4.13.